The Hall–Kier alpha value is -3.03. The maximum Gasteiger partial charge on any atom is 0.261 e. The molecular weight excluding hydrogens is 472 g/mol. The SMILES string of the molecule is Cc1ccc(S(=O)(=O)Nc2ccc(Cl)c(C(=O)NCCCc3ccc(OC(C)C)cc3)c2)cc1. The Morgan fingerprint density at radius 2 is 1.68 bits per heavy atom. The molecule has 8 heteroatoms. The smallest absolute Gasteiger partial charge is 0.261 e. The summed E-state index contributed by atoms with van der Waals surface area (Å²) in [5.41, 5.74) is 2.58. The van der Waals surface area contributed by atoms with E-state index in [1.165, 1.54) is 30.3 Å². The lowest BCUT2D eigenvalue weighted by atomic mass is 10.1. The molecule has 0 saturated carbocycles. The average molecular weight is 501 g/mol. The molecule has 0 aliphatic carbocycles. The molecule has 6 nitrogen and oxygen atoms in total. The van der Waals surface area contributed by atoms with Crippen molar-refractivity contribution in [2.75, 3.05) is 11.3 Å². The number of benzene rings is 3. The molecule has 0 aromatic heterocycles. The summed E-state index contributed by atoms with van der Waals surface area (Å²) in [6.45, 7) is 6.31. The van der Waals surface area contributed by atoms with Crippen LogP contribution in [0.15, 0.2) is 71.6 Å². The molecule has 0 fully saturated rings. The van der Waals surface area contributed by atoms with Crippen LogP contribution >= 0.6 is 11.6 Å². The number of amides is 1. The normalized spacial score (nSPS) is 11.3. The zero-order valence-electron chi connectivity index (χ0n) is 19.5. The molecule has 0 spiro atoms. The topological polar surface area (TPSA) is 84.5 Å². The van der Waals surface area contributed by atoms with Gasteiger partial charge in [-0.15, -0.1) is 0 Å². The van der Waals surface area contributed by atoms with E-state index in [1.807, 2.05) is 45.0 Å². The lowest BCUT2D eigenvalue weighted by Gasteiger charge is -2.12. The van der Waals surface area contributed by atoms with Crippen molar-refractivity contribution in [2.24, 2.45) is 0 Å². The van der Waals surface area contributed by atoms with Crippen molar-refractivity contribution in [1.82, 2.24) is 5.32 Å². The molecule has 0 unspecified atom stereocenters. The van der Waals surface area contributed by atoms with Crippen LogP contribution in [0.25, 0.3) is 0 Å². The summed E-state index contributed by atoms with van der Waals surface area (Å²) in [5.74, 6) is 0.474. The molecule has 0 aliphatic heterocycles. The first-order chi connectivity index (χ1) is 16.1. The van der Waals surface area contributed by atoms with Crippen LogP contribution in [0.5, 0.6) is 5.75 Å². The van der Waals surface area contributed by atoms with E-state index in [4.69, 9.17) is 16.3 Å². The second-order valence-corrected chi connectivity index (χ2v) is 10.4. The number of hydrogen-bond acceptors (Lipinski definition) is 4. The minimum atomic E-state index is -3.78. The molecule has 180 valence electrons. The van der Waals surface area contributed by atoms with Crippen LogP contribution in [-0.4, -0.2) is 27.0 Å². The molecule has 3 rings (SSSR count). The Labute approximate surface area is 206 Å². The van der Waals surface area contributed by atoms with Gasteiger partial charge in [0, 0.05) is 12.2 Å². The van der Waals surface area contributed by atoms with Crippen LogP contribution in [0.2, 0.25) is 5.02 Å². The van der Waals surface area contributed by atoms with Crippen molar-refractivity contribution >= 4 is 33.2 Å². The van der Waals surface area contributed by atoms with E-state index < -0.39 is 10.0 Å². The van der Waals surface area contributed by atoms with E-state index in [1.54, 1.807) is 12.1 Å². The van der Waals surface area contributed by atoms with Gasteiger partial charge < -0.3 is 10.1 Å². The Bertz CT molecular complexity index is 1220. The number of aryl methyl sites for hydroxylation is 2. The standard InChI is InChI=1S/C26H29ClN2O4S/c1-18(2)33-22-11-8-20(9-12-22)5-4-16-28-26(30)24-17-21(10-15-25(24)27)29-34(31,32)23-13-6-19(3)7-14-23/h6-15,17-18,29H,4-5,16H2,1-3H3,(H,28,30). The summed E-state index contributed by atoms with van der Waals surface area (Å²) >= 11 is 6.21. The Kier molecular flexibility index (Phi) is 8.58. The van der Waals surface area contributed by atoms with E-state index in [-0.39, 0.29) is 33.2 Å². The third kappa shape index (κ3) is 7.23. The first kappa shape index (κ1) is 25.6. The number of rotatable bonds is 10. The zero-order valence-corrected chi connectivity index (χ0v) is 21.0. The Morgan fingerprint density at radius 1 is 1.00 bits per heavy atom. The predicted molar refractivity (Wildman–Crippen MR) is 136 cm³/mol. The maximum atomic E-state index is 12.7. The van der Waals surface area contributed by atoms with E-state index >= 15 is 0 Å². The van der Waals surface area contributed by atoms with Crippen molar-refractivity contribution in [3.8, 4) is 5.75 Å². The van der Waals surface area contributed by atoms with Gasteiger partial charge in [0.1, 0.15) is 5.75 Å². The van der Waals surface area contributed by atoms with Gasteiger partial charge in [-0.2, -0.15) is 0 Å². The number of anilines is 1. The number of carbonyl (C=O) groups excluding carboxylic acids is 1. The van der Waals surface area contributed by atoms with Crippen LogP contribution < -0.4 is 14.8 Å². The highest BCUT2D eigenvalue weighted by Crippen LogP contribution is 2.23. The van der Waals surface area contributed by atoms with Crippen LogP contribution in [0.4, 0.5) is 5.69 Å². The fraction of sp³-hybridized carbons (Fsp3) is 0.269. The number of nitrogens with one attached hydrogen (secondary N) is 2. The minimum absolute atomic E-state index is 0.129. The predicted octanol–water partition coefficient (Wildman–Crippen LogP) is 5.60. The highest BCUT2D eigenvalue weighted by molar-refractivity contribution is 7.92. The van der Waals surface area contributed by atoms with Crippen LogP contribution in [0.3, 0.4) is 0 Å². The summed E-state index contributed by atoms with van der Waals surface area (Å²) in [7, 11) is -3.78. The quantitative estimate of drug-likeness (QED) is 0.355. The van der Waals surface area contributed by atoms with Gasteiger partial charge in [0.25, 0.3) is 15.9 Å². The fourth-order valence-corrected chi connectivity index (χ4v) is 4.54. The highest BCUT2D eigenvalue weighted by atomic mass is 35.5. The first-order valence-electron chi connectivity index (χ1n) is 11.1. The highest BCUT2D eigenvalue weighted by Gasteiger charge is 2.16. The number of hydrogen-bond donors (Lipinski definition) is 2. The molecule has 0 aliphatic rings. The van der Waals surface area contributed by atoms with Crippen molar-refractivity contribution in [2.45, 2.75) is 44.6 Å². The molecule has 0 atom stereocenters. The molecule has 0 saturated heterocycles. The molecule has 0 radical (unpaired) electrons. The number of carbonyl (C=O) groups is 1. The summed E-state index contributed by atoms with van der Waals surface area (Å²) in [5, 5.41) is 3.10. The monoisotopic (exact) mass is 500 g/mol. The van der Waals surface area contributed by atoms with E-state index in [9.17, 15) is 13.2 Å². The fourth-order valence-electron chi connectivity index (χ4n) is 3.29. The number of sulfonamides is 1. The Balaban J connectivity index is 1.56. The first-order valence-corrected chi connectivity index (χ1v) is 12.9. The molecule has 34 heavy (non-hydrogen) atoms. The van der Waals surface area contributed by atoms with Crippen molar-refractivity contribution < 1.29 is 17.9 Å². The molecular formula is C26H29ClN2O4S. The lowest BCUT2D eigenvalue weighted by Crippen LogP contribution is -2.25. The van der Waals surface area contributed by atoms with Crippen LogP contribution in [0, 0.1) is 6.92 Å². The summed E-state index contributed by atoms with van der Waals surface area (Å²) in [6.07, 6.45) is 1.67. The van der Waals surface area contributed by atoms with Gasteiger partial charge in [-0.05, 0) is 81.6 Å². The summed E-state index contributed by atoms with van der Waals surface area (Å²) in [4.78, 5) is 12.8. The molecule has 3 aromatic rings. The van der Waals surface area contributed by atoms with E-state index in [2.05, 4.69) is 10.0 Å². The van der Waals surface area contributed by atoms with E-state index in [0.29, 0.717) is 6.54 Å². The lowest BCUT2D eigenvalue weighted by molar-refractivity contribution is 0.0953. The number of halogens is 1. The van der Waals surface area contributed by atoms with Crippen molar-refractivity contribution in [3.63, 3.8) is 0 Å². The van der Waals surface area contributed by atoms with Crippen molar-refractivity contribution in [3.05, 3.63) is 88.4 Å². The molecule has 0 heterocycles. The minimum Gasteiger partial charge on any atom is -0.491 e. The maximum absolute atomic E-state index is 12.7. The molecule has 3 aromatic carbocycles. The van der Waals surface area contributed by atoms with Gasteiger partial charge >= 0.3 is 0 Å². The Morgan fingerprint density at radius 3 is 2.32 bits per heavy atom. The second kappa shape index (κ2) is 11.4. The summed E-state index contributed by atoms with van der Waals surface area (Å²) < 4.78 is 33.4. The second-order valence-electron chi connectivity index (χ2n) is 8.28. The molecule has 1 amide bonds. The third-order valence-electron chi connectivity index (χ3n) is 5.02. The van der Waals surface area contributed by atoms with Crippen LogP contribution in [-0.2, 0) is 16.4 Å². The third-order valence-corrected chi connectivity index (χ3v) is 6.74. The van der Waals surface area contributed by atoms with Crippen LogP contribution in [0.1, 0.15) is 41.8 Å². The van der Waals surface area contributed by atoms with Gasteiger partial charge in [0.15, 0.2) is 0 Å². The van der Waals surface area contributed by atoms with Gasteiger partial charge in [-0.25, -0.2) is 8.42 Å². The largest absolute Gasteiger partial charge is 0.491 e. The molecule has 0 bridgehead atoms. The van der Waals surface area contributed by atoms with Gasteiger partial charge in [-0.1, -0.05) is 41.4 Å². The van der Waals surface area contributed by atoms with Gasteiger partial charge in [0.2, 0.25) is 0 Å². The number of ether oxygens (including phenoxy) is 1. The van der Waals surface area contributed by atoms with Crippen molar-refractivity contribution in [1.29, 1.82) is 0 Å². The van der Waals surface area contributed by atoms with E-state index in [0.717, 1.165) is 29.7 Å². The van der Waals surface area contributed by atoms with Gasteiger partial charge in [0.05, 0.1) is 21.6 Å². The van der Waals surface area contributed by atoms with Gasteiger partial charge in [-0.3, -0.25) is 9.52 Å². The average Bonchev–Trinajstić information content (AvgIpc) is 2.78. The summed E-state index contributed by atoms with van der Waals surface area (Å²) in [6, 6.07) is 18.9. The zero-order chi connectivity index (χ0) is 24.7. The molecule has 2 N–H and O–H groups in total.